The molecule has 0 radical (unpaired) electrons. The number of nitrogens with zero attached hydrogens (tertiary/aromatic N) is 1. The van der Waals surface area contributed by atoms with Gasteiger partial charge < -0.3 is 0 Å². The molecule has 126 valence electrons. The van der Waals surface area contributed by atoms with E-state index < -0.39 is 0 Å². The predicted molar refractivity (Wildman–Crippen MR) is 111 cm³/mol. The molecule has 2 heteroatoms. The molecule has 0 aliphatic heterocycles. The van der Waals surface area contributed by atoms with Gasteiger partial charge >= 0.3 is 0 Å². The van der Waals surface area contributed by atoms with E-state index in [0.29, 0.717) is 0 Å². The fourth-order valence-electron chi connectivity index (χ4n) is 2.88. The third-order valence-corrected chi connectivity index (χ3v) is 4.80. The van der Waals surface area contributed by atoms with Gasteiger partial charge in [0.05, 0.1) is 11.8 Å². The molecule has 3 aromatic rings. The van der Waals surface area contributed by atoms with Crippen LogP contribution in [0.15, 0.2) is 89.9 Å². The molecule has 25 heavy (non-hydrogen) atoms. The average Bonchev–Trinajstić information content (AvgIpc) is 2.68. The van der Waals surface area contributed by atoms with Crippen LogP contribution in [0.3, 0.4) is 0 Å². The molecule has 0 N–H and O–H groups in total. The minimum absolute atomic E-state index is 0.213. The van der Waals surface area contributed by atoms with Crippen LogP contribution in [-0.2, 0) is 11.8 Å². The van der Waals surface area contributed by atoms with Crippen molar-refractivity contribution in [2.45, 2.75) is 24.7 Å². The molecule has 0 fully saturated rings. The van der Waals surface area contributed by atoms with Crippen molar-refractivity contribution in [3.05, 3.63) is 107 Å². The van der Waals surface area contributed by atoms with Gasteiger partial charge in [0.2, 0.25) is 0 Å². The van der Waals surface area contributed by atoms with Crippen LogP contribution in [0.4, 0.5) is 0 Å². The Labute approximate surface area is 158 Å². The van der Waals surface area contributed by atoms with Crippen molar-refractivity contribution >= 4 is 21.6 Å². The van der Waals surface area contributed by atoms with Crippen LogP contribution in [0.2, 0.25) is 0 Å². The minimum atomic E-state index is 0.213. The summed E-state index contributed by atoms with van der Waals surface area (Å²) in [4.78, 5) is 5.06. The molecular formula is C23H22BrN. The SMILES string of the molecule is CC(Cc1ccc(CBr)cc1)N=C(c1ccccc1)c1ccccc1. The summed E-state index contributed by atoms with van der Waals surface area (Å²) in [5.41, 5.74) is 6.01. The first-order chi connectivity index (χ1) is 12.3. The van der Waals surface area contributed by atoms with E-state index in [9.17, 15) is 0 Å². The van der Waals surface area contributed by atoms with E-state index in [-0.39, 0.29) is 6.04 Å². The summed E-state index contributed by atoms with van der Waals surface area (Å²) in [5, 5.41) is 0.896. The van der Waals surface area contributed by atoms with Gasteiger partial charge in [0.1, 0.15) is 0 Å². The number of rotatable bonds is 6. The minimum Gasteiger partial charge on any atom is -0.281 e. The number of hydrogen-bond acceptors (Lipinski definition) is 1. The predicted octanol–water partition coefficient (Wildman–Crippen LogP) is 6.05. The zero-order chi connectivity index (χ0) is 17.5. The number of hydrogen-bond donors (Lipinski definition) is 0. The molecule has 1 nitrogen and oxygen atoms in total. The fourth-order valence-corrected chi connectivity index (χ4v) is 3.25. The quantitative estimate of drug-likeness (QED) is 0.358. The third kappa shape index (κ3) is 4.90. The summed E-state index contributed by atoms with van der Waals surface area (Å²) < 4.78 is 0. The van der Waals surface area contributed by atoms with Gasteiger partial charge in [-0.25, -0.2) is 0 Å². The van der Waals surface area contributed by atoms with Crippen molar-refractivity contribution < 1.29 is 0 Å². The van der Waals surface area contributed by atoms with Crippen LogP contribution in [0.1, 0.15) is 29.2 Å². The normalized spacial score (nSPS) is 11.8. The first-order valence-corrected chi connectivity index (χ1v) is 9.71. The molecule has 0 heterocycles. The largest absolute Gasteiger partial charge is 0.281 e. The van der Waals surface area contributed by atoms with Crippen LogP contribution in [0.5, 0.6) is 0 Å². The second-order valence-electron chi connectivity index (χ2n) is 6.21. The number of benzene rings is 3. The van der Waals surface area contributed by atoms with Crippen LogP contribution < -0.4 is 0 Å². The Balaban J connectivity index is 1.87. The van der Waals surface area contributed by atoms with Crippen molar-refractivity contribution in [2.75, 3.05) is 0 Å². The van der Waals surface area contributed by atoms with Gasteiger partial charge in [-0.15, -0.1) is 0 Å². The fraction of sp³-hybridized carbons (Fsp3) is 0.174. The van der Waals surface area contributed by atoms with Gasteiger partial charge in [0, 0.05) is 16.5 Å². The molecule has 1 unspecified atom stereocenters. The lowest BCUT2D eigenvalue weighted by atomic mass is 10.0. The van der Waals surface area contributed by atoms with E-state index >= 15 is 0 Å². The molecule has 0 aliphatic rings. The number of halogens is 1. The van der Waals surface area contributed by atoms with Gasteiger partial charge in [-0.2, -0.15) is 0 Å². The van der Waals surface area contributed by atoms with Gasteiger partial charge in [-0.1, -0.05) is 101 Å². The van der Waals surface area contributed by atoms with Crippen molar-refractivity contribution in [3.8, 4) is 0 Å². The maximum atomic E-state index is 5.06. The lowest BCUT2D eigenvalue weighted by Gasteiger charge is -2.13. The van der Waals surface area contributed by atoms with Crippen LogP contribution >= 0.6 is 15.9 Å². The smallest absolute Gasteiger partial charge is 0.0722 e. The topological polar surface area (TPSA) is 12.4 Å². The summed E-state index contributed by atoms with van der Waals surface area (Å²) in [6, 6.07) is 29.8. The first kappa shape index (κ1) is 17.6. The van der Waals surface area contributed by atoms with E-state index in [1.807, 2.05) is 12.1 Å². The molecule has 0 aromatic heterocycles. The molecule has 0 amide bonds. The van der Waals surface area contributed by atoms with E-state index in [0.717, 1.165) is 28.6 Å². The molecule has 0 aliphatic carbocycles. The Morgan fingerprint density at radius 3 is 1.72 bits per heavy atom. The Kier molecular flexibility index (Phi) is 6.19. The van der Waals surface area contributed by atoms with Gasteiger partial charge in [0.25, 0.3) is 0 Å². The molecule has 1 atom stereocenters. The van der Waals surface area contributed by atoms with E-state index in [1.54, 1.807) is 0 Å². The summed E-state index contributed by atoms with van der Waals surface area (Å²) in [6.45, 7) is 2.18. The Morgan fingerprint density at radius 2 is 1.24 bits per heavy atom. The molecule has 3 rings (SSSR count). The second kappa shape index (κ2) is 8.77. The molecule has 0 saturated heterocycles. The van der Waals surface area contributed by atoms with E-state index in [2.05, 4.69) is 95.7 Å². The lowest BCUT2D eigenvalue weighted by Crippen LogP contribution is -2.11. The highest BCUT2D eigenvalue weighted by Crippen LogP contribution is 2.15. The van der Waals surface area contributed by atoms with Gasteiger partial charge in [0.15, 0.2) is 0 Å². The molecular weight excluding hydrogens is 370 g/mol. The van der Waals surface area contributed by atoms with E-state index in [4.69, 9.17) is 4.99 Å². The summed E-state index contributed by atoms with van der Waals surface area (Å²) in [5.74, 6) is 0. The van der Waals surface area contributed by atoms with Gasteiger partial charge in [-0.05, 0) is 24.5 Å². The highest BCUT2D eigenvalue weighted by molar-refractivity contribution is 9.08. The monoisotopic (exact) mass is 391 g/mol. The highest BCUT2D eigenvalue weighted by Gasteiger charge is 2.09. The summed E-state index contributed by atoms with van der Waals surface area (Å²) in [6.07, 6.45) is 0.936. The molecule has 0 bridgehead atoms. The van der Waals surface area contributed by atoms with Crippen LogP contribution in [-0.4, -0.2) is 11.8 Å². The summed E-state index contributed by atoms with van der Waals surface area (Å²) in [7, 11) is 0. The van der Waals surface area contributed by atoms with Crippen molar-refractivity contribution in [1.29, 1.82) is 0 Å². The first-order valence-electron chi connectivity index (χ1n) is 8.58. The Hall–Kier alpha value is -2.19. The molecule has 3 aromatic carbocycles. The number of aliphatic imine (C=N–C) groups is 1. The van der Waals surface area contributed by atoms with Crippen molar-refractivity contribution in [1.82, 2.24) is 0 Å². The van der Waals surface area contributed by atoms with Crippen LogP contribution in [0, 0.1) is 0 Å². The average molecular weight is 392 g/mol. The third-order valence-electron chi connectivity index (χ3n) is 4.15. The van der Waals surface area contributed by atoms with Crippen LogP contribution in [0.25, 0.3) is 0 Å². The second-order valence-corrected chi connectivity index (χ2v) is 6.77. The lowest BCUT2D eigenvalue weighted by molar-refractivity contribution is 0.741. The maximum absolute atomic E-state index is 5.06. The maximum Gasteiger partial charge on any atom is 0.0722 e. The zero-order valence-electron chi connectivity index (χ0n) is 14.4. The highest BCUT2D eigenvalue weighted by atomic mass is 79.9. The van der Waals surface area contributed by atoms with Crippen molar-refractivity contribution in [3.63, 3.8) is 0 Å². The Bertz CT molecular complexity index is 766. The molecule has 0 saturated carbocycles. The molecule has 0 spiro atoms. The van der Waals surface area contributed by atoms with Crippen molar-refractivity contribution in [2.24, 2.45) is 4.99 Å². The van der Waals surface area contributed by atoms with Gasteiger partial charge in [-0.3, -0.25) is 4.99 Å². The summed E-state index contributed by atoms with van der Waals surface area (Å²) >= 11 is 3.50. The standard InChI is InChI=1S/C23H22BrN/c1-18(16-19-12-14-20(17-24)15-13-19)25-23(21-8-4-2-5-9-21)22-10-6-3-7-11-22/h2-15,18H,16-17H2,1H3. The van der Waals surface area contributed by atoms with E-state index in [1.165, 1.54) is 11.1 Å². The number of alkyl halides is 1. The Morgan fingerprint density at radius 1 is 0.760 bits per heavy atom. The zero-order valence-corrected chi connectivity index (χ0v) is 16.0.